The number of hydrogen-bond donors (Lipinski definition) is 2. The molecule has 3 heterocycles. The van der Waals surface area contributed by atoms with Gasteiger partial charge in [-0.05, 0) is 69.0 Å². The summed E-state index contributed by atoms with van der Waals surface area (Å²) < 4.78 is 2.01. The first-order chi connectivity index (χ1) is 22.8. The molecule has 0 saturated carbocycles. The number of fused-ring (bicyclic) bond motifs is 1. The number of nitrogens with one attached hydrogen (secondary N) is 2. The molecule has 0 saturated heterocycles. The van der Waals surface area contributed by atoms with Gasteiger partial charge in [-0.1, -0.05) is 48.5 Å². The van der Waals surface area contributed by atoms with E-state index in [4.69, 9.17) is 9.97 Å². The number of carbonyl (C=O) groups is 2. The van der Waals surface area contributed by atoms with Gasteiger partial charge >= 0.3 is 0 Å². The van der Waals surface area contributed by atoms with Crippen molar-refractivity contribution in [2.45, 2.75) is 12.8 Å². The van der Waals surface area contributed by atoms with E-state index in [0.717, 1.165) is 40.4 Å². The summed E-state index contributed by atoms with van der Waals surface area (Å²) in [4.78, 5) is 44.8. The lowest BCUT2D eigenvalue weighted by Crippen LogP contribution is -2.29. The summed E-state index contributed by atoms with van der Waals surface area (Å²) in [6.45, 7) is 1.59. The molecule has 10 nitrogen and oxygen atoms in total. The van der Waals surface area contributed by atoms with E-state index in [2.05, 4.69) is 20.5 Å². The van der Waals surface area contributed by atoms with Gasteiger partial charge in [-0.3, -0.25) is 14.0 Å². The largest absolute Gasteiger partial charge is 0.342 e. The zero-order valence-corrected chi connectivity index (χ0v) is 27.4. The summed E-state index contributed by atoms with van der Waals surface area (Å²) in [5.41, 5.74) is 6.02. The van der Waals surface area contributed by atoms with Crippen LogP contribution in [0, 0.1) is 0 Å². The molecule has 2 amide bonds. The second-order valence-electron chi connectivity index (χ2n) is 11.5. The summed E-state index contributed by atoms with van der Waals surface area (Å²) in [6, 6.07) is 26.6. The highest BCUT2D eigenvalue weighted by molar-refractivity contribution is 7.15. The lowest BCUT2D eigenvalue weighted by atomic mass is 10.1. The fourth-order valence-corrected chi connectivity index (χ4v) is 6.03. The summed E-state index contributed by atoms with van der Waals surface area (Å²) >= 11 is 1.53. The fraction of sp³-hybridized carbons (Fsp3) is 0.194. The van der Waals surface area contributed by atoms with Crippen LogP contribution in [0.25, 0.3) is 27.6 Å². The van der Waals surface area contributed by atoms with Gasteiger partial charge < -0.3 is 20.4 Å². The Balaban J connectivity index is 1.23. The third-order valence-corrected chi connectivity index (χ3v) is 8.36. The van der Waals surface area contributed by atoms with Gasteiger partial charge in [0, 0.05) is 53.9 Å². The van der Waals surface area contributed by atoms with Crippen LogP contribution in [-0.4, -0.2) is 75.2 Å². The van der Waals surface area contributed by atoms with E-state index in [-0.39, 0.29) is 18.2 Å². The van der Waals surface area contributed by atoms with Gasteiger partial charge in [0.2, 0.25) is 11.9 Å². The maximum atomic E-state index is 13.1. The van der Waals surface area contributed by atoms with Gasteiger partial charge in [-0.15, -0.1) is 11.3 Å². The van der Waals surface area contributed by atoms with Crippen molar-refractivity contribution < 1.29 is 9.59 Å². The molecule has 0 spiro atoms. The molecule has 0 fully saturated rings. The van der Waals surface area contributed by atoms with E-state index in [1.807, 2.05) is 122 Å². The molecular weight excluding hydrogens is 609 g/mol. The molecule has 0 aliphatic rings. The maximum absolute atomic E-state index is 13.1. The Bertz CT molecular complexity index is 2000. The number of amides is 2. The van der Waals surface area contributed by atoms with Crippen molar-refractivity contribution in [1.29, 1.82) is 0 Å². The molecule has 0 radical (unpaired) electrons. The molecular formula is C36H36N8O2S. The van der Waals surface area contributed by atoms with Crippen LogP contribution in [0.4, 0.5) is 17.3 Å². The third kappa shape index (κ3) is 7.71. The van der Waals surface area contributed by atoms with Crippen molar-refractivity contribution in [1.82, 2.24) is 29.2 Å². The quantitative estimate of drug-likeness (QED) is 0.157. The number of carbonyl (C=O) groups excluding carboxylic acids is 2. The highest BCUT2D eigenvalue weighted by Gasteiger charge is 2.19. The number of thiazole rings is 1. The van der Waals surface area contributed by atoms with Crippen molar-refractivity contribution in [2.24, 2.45) is 0 Å². The van der Waals surface area contributed by atoms with E-state index in [1.165, 1.54) is 11.3 Å². The fourth-order valence-electron chi connectivity index (χ4n) is 5.32. The van der Waals surface area contributed by atoms with Crippen LogP contribution in [0.2, 0.25) is 0 Å². The third-order valence-electron chi connectivity index (χ3n) is 7.60. The first kappa shape index (κ1) is 31.6. The number of rotatable bonds is 12. The van der Waals surface area contributed by atoms with Crippen molar-refractivity contribution in [3.63, 3.8) is 0 Å². The molecule has 3 aromatic heterocycles. The van der Waals surface area contributed by atoms with Crippen molar-refractivity contribution in [3.05, 3.63) is 114 Å². The molecule has 11 heteroatoms. The highest BCUT2D eigenvalue weighted by atomic mass is 32.1. The minimum Gasteiger partial charge on any atom is -0.342 e. The lowest BCUT2D eigenvalue weighted by molar-refractivity contribution is -0.115. The Morgan fingerprint density at radius 1 is 0.872 bits per heavy atom. The summed E-state index contributed by atoms with van der Waals surface area (Å²) in [5, 5.41) is 8.28. The van der Waals surface area contributed by atoms with Gasteiger partial charge in [-0.2, -0.15) is 0 Å². The molecule has 0 bridgehead atoms. The molecule has 0 aliphatic carbocycles. The molecule has 0 unspecified atom stereocenters. The SMILES string of the molecule is CN(C)CCCN(C)C(=O)c1cccc(Nc2nccc(-c3c(-c4cccc(NC(=O)Cc5ccccc5)c4)nc4sccn34)n2)c1. The molecule has 6 rings (SSSR count). The normalized spacial score (nSPS) is 11.1. The van der Waals surface area contributed by atoms with Gasteiger partial charge in [0.15, 0.2) is 4.96 Å². The van der Waals surface area contributed by atoms with Crippen LogP contribution in [0.1, 0.15) is 22.3 Å². The Kier molecular flexibility index (Phi) is 9.65. The second-order valence-corrected chi connectivity index (χ2v) is 12.4. The van der Waals surface area contributed by atoms with Gasteiger partial charge in [0.25, 0.3) is 5.91 Å². The molecule has 0 atom stereocenters. The van der Waals surface area contributed by atoms with E-state index in [0.29, 0.717) is 35.1 Å². The minimum atomic E-state index is -0.0901. The average molecular weight is 645 g/mol. The van der Waals surface area contributed by atoms with Crippen LogP contribution < -0.4 is 10.6 Å². The predicted octanol–water partition coefficient (Wildman–Crippen LogP) is 6.47. The van der Waals surface area contributed by atoms with Crippen molar-refractivity contribution in [2.75, 3.05) is 44.9 Å². The van der Waals surface area contributed by atoms with Crippen LogP contribution in [-0.2, 0) is 11.2 Å². The topological polar surface area (TPSA) is 108 Å². The van der Waals surface area contributed by atoms with Crippen LogP contribution in [0.5, 0.6) is 0 Å². The lowest BCUT2D eigenvalue weighted by Gasteiger charge is -2.19. The maximum Gasteiger partial charge on any atom is 0.253 e. The summed E-state index contributed by atoms with van der Waals surface area (Å²) in [6.07, 6.45) is 4.86. The Hall–Kier alpha value is -5.39. The van der Waals surface area contributed by atoms with Crippen LogP contribution in [0.15, 0.2) is 103 Å². The van der Waals surface area contributed by atoms with Crippen molar-refractivity contribution >= 4 is 45.4 Å². The number of hydrogen-bond acceptors (Lipinski definition) is 8. The van der Waals surface area contributed by atoms with Gasteiger partial charge in [0.05, 0.1) is 17.8 Å². The zero-order valence-electron chi connectivity index (χ0n) is 26.6. The van der Waals surface area contributed by atoms with E-state index in [1.54, 1.807) is 11.1 Å². The molecule has 2 N–H and O–H groups in total. The smallest absolute Gasteiger partial charge is 0.253 e. The highest BCUT2D eigenvalue weighted by Crippen LogP contribution is 2.35. The van der Waals surface area contributed by atoms with Crippen molar-refractivity contribution in [3.8, 4) is 22.6 Å². The first-order valence-electron chi connectivity index (χ1n) is 15.3. The summed E-state index contributed by atoms with van der Waals surface area (Å²) in [5.74, 6) is 0.265. The van der Waals surface area contributed by atoms with Crippen LogP contribution in [0.3, 0.4) is 0 Å². The second kappa shape index (κ2) is 14.4. The van der Waals surface area contributed by atoms with Gasteiger partial charge in [0.1, 0.15) is 5.69 Å². The average Bonchev–Trinajstić information content (AvgIpc) is 3.67. The minimum absolute atomic E-state index is 0.0377. The number of nitrogens with zero attached hydrogens (tertiary/aromatic N) is 6. The number of imidazole rings is 1. The van der Waals surface area contributed by atoms with E-state index >= 15 is 0 Å². The Morgan fingerprint density at radius 3 is 2.51 bits per heavy atom. The van der Waals surface area contributed by atoms with Gasteiger partial charge in [-0.25, -0.2) is 15.0 Å². The zero-order chi connectivity index (χ0) is 32.8. The Labute approximate surface area is 277 Å². The molecule has 238 valence electrons. The number of anilines is 3. The molecule has 0 aliphatic heterocycles. The van der Waals surface area contributed by atoms with Crippen LogP contribution >= 0.6 is 11.3 Å². The number of benzene rings is 3. The Morgan fingerprint density at radius 2 is 1.68 bits per heavy atom. The van der Waals surface area contributed by atoms with E-state index in [9.17, 15) is 9.59 Å². The molecule has 3 aromatic carbocycles. The molecule has 47 heavy (non-hydrogen) atoms. The molecule has 6 aromatic rings. The standard InChI is InChI=1S/C36H36N8O2S/c1-42(2)18-9-19-43(3)34(46)27-13-8-15-29(24-27)39-35-37-17-16-30(40-35)33-32(41-36-44(33)20-21-47-36)26-12-7-14-28(23-26)38-31(45)22-25-10-5-4-6-11-25/h4-8,10-17,20-21,23-24H,9,18-19,22H2,1-3H3,(H,38,45)(H,37,39,40). The predicted molar refractivity (Wildman–Crippen MR) is 188 cm³/mol. The first-order valence-corrected chi connectivity index (χ1v) is 16.2. The van der Waals surface area contributed by atoms with E-state index < -0.39 is 0 Å². The summed E-state index contributed by atoms with van der Waals surface area (Å²) in [7, 11) is 5.88. The monoisotopic (exact) mass is 644 g/mol. The number of aromatic nitrogens is 4.